The highest BCUT2D eigenvalue weighted by Gasteiger charge is 2.35. The van der Waals surface area contributed by atoms with Crippen LogP contribution in [0.1, 0.15) is 50.1 Å². The Labute approximate surface area is 118 Å². The van der Waals surface area contributed by atoms with Crippen LogP contribution in [0.3, 0.4) is 0 Å². The predicted molar refractivity (Wildman–Crippen MR) is 77.9 cm³/mol. The second-order valence-corrected chi connectivity index (χ2v) is 6.65. The molecule has 3 rings (SSSR count). The van der Waals surface area contributed by atoms with E-state index in [4.69, 9.17) is 5.73 Å². The highest BCUT2D eigenvalue weighted by atomic mass is 32.1. The lowest BCUT2D eigenvalue weighted by molar-refractivity contribution is -0.137. The standard InChI is InChI=1S/C15H22N2OS/c16-13-4-1-3-11(9-13)15(18)17-7-2-5-14(17)12-6-8-19-10-12/h6,8,10-11,13-14H,1-5,7,9,16H2. The summed E-state index contributed by atoms with van der Waals surface area (Å²) in [6.45, 7) is 0.922. The van der Waals surface area contributed by atoms with Gasteiger partial charge in [-0.15, -0.1) is 0 Å². The average Bonchev–Trinajstić information content (AvgIpc) is 3.08. The van der Waals surface area contributed by atoms with Gasteiger partial charge in [-0.2, -0.15) is 11.3 Å². The normalized spacial score (nSPS) is 31.6. The lowest BCUT2D eigenvalue weighted by Gasteiger charge is -2.32. The second-order valence-electron chi connectivity index (χ2n) is 5.87. The Morgan fingerprint density at radius 3 is 2.95 bits per heavy atom. The van der Waals surface area contributed by atoms with Crippen LogP contribution >= 0.6 is 11.3 Å². The second kappa shape index (κ2) is 5.63. The van der Waals surface area contributed by atoms with Gasteiger partial charge < -0.3 is 10.6 Å². The highest BCUT2D eigenvalue weighted by Crippen LogP contribution is 2.36. The molecular formula is C15H22N2OS. The molecule has 3 unspecified atom stereocenters. The number of thiophene rings is 1. The summed E-state index contributed by atoms with van der Waals surface area (Å²) in [5, 5.41) is 4.29. The Kier molecular flexibility index (Phi) is 3.89. The van der Waals surface area contributed by atoms with Crippen LogP contribution in [0.2, 0.25) is 0 Å². The van der Waals surface area contributed by atoms with Crippen LogP contribution in [0, 0.1) is 5.92 Å². The molecule has 104 valence electrons. The maximum absolute atomic E-state index is 12.7. The van der Waals surface area contributed by atoms with E-state index in [1.54, 1.807) is 11.3 Å². The molecule has 2 aliphatic rings. The molecule has 3 atom stereocenters. The maximum Gasteiger partial charge on any atom is 0.226 e. The third-order valence-electron chi connectivity index (χ3n) is 4.53. The first-order valence-corrected chi connectivity index (χ1v) is 8.28. The van der Waals surface area contributed by atoms with Gasteiger partial charge in [0.15, 0.2) is 0 Å². The smallest absolute Gasteiger partial charge is 0.226 e. The minimum atomic E-state index is 0.169. The molecule has 19 heavy (non-hydrogen) atoms. The molecule has 1 saturated carbocycles. The number of nitrogens with zero attached hydrogens (tertiary/aromatic N) is 1. The summed E-state index contributed by atoms with van der Waals surface area (Å²) in [5.41, 5.74) is 7.34. The zero-order chi connectivity index (χ0) is 13.2. The van der Waals surface area contributed by atoms with E-state index >= 15 is 0 Å². The molecule has 1 aromatic rings. The summed E-state index contributed by atoms with van der Waals surface area (Å²) in [7, 11) is 0. The van der Waals surface area contributed by atoms with Crippen LogP contribution in [-0.2, 0) is 4.79 Å². The SMILES string of the molecule is NC1CCCC(C(=O)N2CCCC2c2ccsc2)C1. The van der Waals surface area contributed by atoms with Crippen molar-refractivity contribution in [2.75, 3.05) is 6.54 Å². The van der Waals surface area contributed by atoms with Gasteiger partial charge in [-0.3, -0.25) is 4.79 Å². The summed E-state index contributed by atoms with van der Waals surface area (Å²) in [6, 6.07) is 2.70. The fraction of sp³-hybridized carbons (Fsp3) is 0.667. The molecule has 3 nitrogen and oxygen atoms in total. The van der Waals surface area contributed by atoms with E-state index in [-0.39, 0.29) is 12.0 Å². The van der Waals surface area contributed by atoms with Crippen molar-refractivity contribution >= 4 is 17.2 Å². The zero-order valence-electron chi connectivity index (χ0n) is 11.3. The highest BCUT2D eigenvalue weighted by molar-refractivity contribution is 7.07. The maximum atomic E-state index is 12.7. The molecule has 0 aromatic carbocycles. The molecule has 0 spiro atoms. The molecule has 0 bridgehead atoms. The van der Waals surface area contributed by atoms with Crippen LogP contribution < -0.4 is 5.73 Å². The average molecular weight is 278 g/mol. The molecule has 2 N–H and O–H groups in total. The molecule has 1 aromatic heterocycles. The van der Waals surface area contributed by atoms with Gasteiger partial charge in [0.2, 0.25) is 5.91 Å². The van der Waals surface area contributed by atoms with E-state index in [0.717, 1.165) is 45.1 Å². The van der Waals surface area contributed by atoms with Gasteiger partial charge in [0.1, 0.15) is 0 Å². The molecule has 1 aliphatic heterocycles. The number of hydrogen-bond acceptors (Lipinski definition) is 3. The number of hydrogen-bond donors (Lipinski definition) is 1. The monoisotopic (exact) mass is 278 g/mol. The van der Waals surface area contributed by atoms with Gasteiger partial charge in [0, 0.05) is 18.5 Å². The van der Waals surface area contributed by atoms with Crippen LogP contribution in [-0.4, -0.2) is 23.4 Å². The minimum Gasteiger partial charge on any atom is -0.335 e. The van der Waals surface area contributed by atoms with Crippen LogP contribution in [0.4, 0.5) is 0 Å². The van der Waals surface area contributed by atoms with Crippen molar-refractivity contribution in [3.05, 3.63) is 22.4 Å². The summed E-state index contributed by atoms with van der Waals surface area (Å²) in [6.07, 6.45) is 6.34. The Morgan fingerprint density at radius 1 is 1.32 bits per heavy atom. The first-order valence-electron chi connectivity index (χ1n) is 7.34. The quantitative estimate of drug-likeness (QED) is 0.904. The molecule has 2 fully saturated rings. The van der Waals surface area contributed by atoms with E-state index in [1.807, 2.05) is 0 Å². The third kappa shape index (κ3) is 2.70. The fourth-order valence-corrected chi connectivity index (χ4v) is 4.24. The number of amides is 1. The van der Waals surface area contributed by atoms with Crippen molar-refractivity contribution in [1.29, 1.82) is 0 Å². The van der Waals surface area contributed by atoms with Crippen LogP contribution in [0.5, 0.6) is 0 Å². The molecular weight excluding hydrogens is 256 g/mol. The summed E-state index contributed by atoms with van der Waals surface area (Å²) in [4.78, 5) is 14.8. The molecule has 4 heteroatoms. The van der Waals surface area contributed by atoms with Crippen molar-refractivity contribution in [3.8, 4) is 0 Å². The number of carbonyl (C=O) groups is 1. The van der Waals surface area contributed by atoms with Crippen LogP contribution in [0.15, 0.2) is 16.8 Å². The Morgan fingerprint density at radius 2 is 2.21 bits per heavy atom. The number of nitrogens with two attached hydrogens (primary N) is 1. The van der Waals surface area contributed by atoms with E-state index in [9.17, 15) is 4.79 Å². The summed E-state index contributed by atoms with van der Waals surface area (Å²) < 4.78 is 0. The van der Waals surface area contributed by atoms with Crippen molar-refractivity contribution < 1.29 is 4.79 Å². The Hall–Kier alpha value is -0.870. The van der Waals surface area contributed by atoms with Gasteiger partial charge in [-0.1, -0.05) is 6.42 Å². The van der Waals surface area contributed by atoms with E-state index in [1.165, 1.54) is 5.56 Å². The van der Waals surface area contributed by atoms with Crippen LogP contribution in [0.25, 0.3) is 0 Å². The zero-order valence-corrected chi connectivity index (χ0v) is 12.1. The Balaban J connectivity index is 1.71. The third-order valence-corrected chi connectivity index (χ3v) is 5.23. The van der Waals surface area contributed by atoms with Gasteiger partial charge in [-0.25, -0.2) is 0 Å². The minimum absolute atomic E-state index is 0.169. The van der Waals surface area contributed by atoms with E-state index < -0.39 is 0 Å². The van der Waals surface area contributed by atoms with E-state index in [0.29, 0.717) is 11.9 Å². The predicted octanol–water partition coefficient (Wildman–Crippen LogP) is 2.93. The van der Waals surface area contributed by atoms with Gasteiger partial charge in [-0.05, 0) is 54.5 Å². The lowest BCUT2D eigenvalue weighted by atomic mass is 9.85. The molecule has 1 saturated heterocycles. The van der Waals surface area contributed by atoms with Gasteiger partial charge in [0.25, 0.3) is 0 Å². The summed E-state index contributed by atoms with van der Waals surface area (Å²) in [5.74, 6) is 0.520. The fourth-order valence-electron chi connectivity index (χ4n) is 3.53. The first kappa shape index (κ1) is 13.1. The van der Waals surface area contributed by atoms with E-state index in [2.05, 4.69) is 21.7 Å². The first-order chi connectivity index (χ1) is 9.25. The number of likely N-dealkylation sites (tertiary alicyclic amines) is 1. The van der Waals surface area contributed by atoms with Crippen molar-refractivity contribution in [3.63, 3.8) is 0 Å². The molecule has 0 radical (unpaired) electrons. The van der Waals surface area contributed by atoms with Gasteiger partial charge in [0.05, 0.1) is 6.04 Å². The van der Waals surface area contributed by atoms with Gasteiger partial charge >= 0.3 is 0 Å². The molecule has 1 aliphatic carbocycles. The van der Waals surface area contributed by atoms with Crippen molar-refractivity contribution in [2.24, 2.45) is 11.7 Å². The molecule has 2 heterocycles. The lowest BCUT2D eigenvalue weighted by Crippen LogP contribution is -2.40. The largest absolute Gasteiger partial charge is 0.335 e. The van der Waals surface area contributed by atoms with Crippen molar-refractivity contribution in [2.45, 2.75) is 50.6 Å². The topological polar surface area (TPSA) is 46.3 Å². The molecule has 1 amide bonds. The Bertz CT molecular complexity index is 431. The number of rotatable bonds is 2. The summed E-state index contributed by atoms with van der Waals surface area (Å²) >= 11 is 1.72. The number of carbonyl (C=O) groups excluding carboxylic acids is 1. The van der Waals surface area contributed by atoms with Crippen molar-refractivity contribution in [1.82, 2.24) is 4.90 Å².